The summed E-state index contributed by atoms with van der Waals surface area (Å²) in [5, 5.41) is 2.96. The van der Waals surface area contributed by atoms with Crippen molar-refractivity contribution in [2.45, 2.75) is 39.4 Å². The van der Waals surface area contributed by atoms with Crippen molar-refractivity contribution in [2.75, 3.05) is 46.4 Å². The van der Waals surface area contributed by atoms with E-state index in [9.17, 15) is 4.79 Å². The van der Waals surface area contributed by atoms with Gasteiger partial charge in [-0.15, -0.1) is 0 Å². The first-order valence-corrected chi connectivity index (χ1v) is 12.8. The van der Waals surface area contributed by atoms with E-state index in [4.69, 9.17) is 19.2 Å². The maximum absolute atomic E-state index is 13.0. The monoisotopic (exact) mass is 506 g/mol. The second kappa shape index (κ2) is 10.9. The van der Waals surface area contributed by atoms with Crippen LogP contribution in [0.5, 0.6) is 11.5 Å². The van der Waals surface area contributed by atoms with Crippen molar-refractivity contribution in [1.82, 2.24) is 20.1 Å². The molecule has 3 aliphatic heterocycles. The number of nitrogens with one attached hydrogen (secondary N) is 1. The van der Waals surface area contributed by atoms with Crippen LogP contribution < -0.4 is 14.8 Å². The molecule has 196 valence electrons. The Morgan fingerprint density at radius 1 is 1.22 bits per heavy atom. The van der Waals surface area contributed by atoms with E-state index in [2.05, 4.69) is 34.0 Å². The van der Waals surface area contributed by atoms with Crippen molar-refractivity contribution in [3.8, 4) is 11.5 Å². The largest absolute Gasteiger partial charge is 0.491 e. The lowest BCUT2D eigenvalue weighted by Gasteiger charge is -2.35. The minimum atomic E-state index is -0.267. The molecule has 10 heteroatoms. The Hall–Kier alpha value is -3.50. The van der Waals surface area contributed by atoms with Gasteiger partial charge in [0, 0.05) is 43.6 Å². The Morgan fingerprint density at radius 3 is 2.78 bits per heavy atom. The number of aryl methyl sites for hydroxylation is 1. The number of pyridine rings is 1. The number of hydrogen-bond acceptors (Lipinski definition) is 9. The number of methoxy groups -OCH3 is 1. The number of aromatic nitrogens is 1. The van der Waals surface area contributed by atoms with Crippen molar-refractivity contribution in [3.05, 3.63) is 47.3 Å². The second-order valence-electron chi connectivity index (χ2n) is 9.59. The van der Waals surface area contributed by atoms with Gasteiger partial charge in [0.05, 0.1) is 38.0 Å². The number of carbonyl (C=O) groups is 1. The van der Waals surface area contributed by atoms with Gasteiger partial charge in [0.1, 0.15) is 11.5 Å². The number of aliphatic imine (C=N–C) groups is 2. The molecule has 1 amide bonds. The second-order valence-corrected chi connectivity index (χ2v) is 9.59. The summed E-state index contributed by atoms with van der Waals surface area (Å²) in [6.45, 7) is 10.7. The van der Waals surface area contributed by atoms with E-state index < -0.39 is 0 Å². The minimum Gasteiger partial charge on any atom is -0.491 e. The van der Waals surface area contributed by atoms with Crippen molar-refractivity contribution in [1.29, 1.82) is 0 Å². The molecule has 2 aromatic rings. The topological polar surface area (TPSA) is 101 Å². The van der Waals surface area contributed by atoms with Crippen LogP contribution in [0.1, 0.15) is 41.9 Å². The predicted molar refractivity (Wildman–Crippen MR) is 141 cm³/mol. The summed E-state index contributed by atoms with van der Waals surface area (Å²) in [4.78, 5) is 31.1. The maximum atomic E-state index is 13.0. The number of benzene rings is 1. The van der Waals surface area contributed by atoms with Gasteiger partial charge in [-0.05, 0) is 51.5 Å². The molecule has 4 heterocycles. The molecule has 1 N–H and O–H groups in total. The van der Waals surface area contributed by atoms with Gasteiger partial charge in [-0.1, -0.05) is 0 Å². The Kier molecular flexibility index (Phi) is 7.38. The molecule has 1 aromatic carbocycles. The van der Waals surface area contributed by atoms with E-state index in [0.717, 1.165) is 37.5 Å². The number of guanidine groups is 1. The molecule has 3 aliphatic rings. The van der Waals surface area contributed by atoms with Crippen LogP contribution in [0.4, 0.5) is 5.69 Å². The van der Waals surface area contributed by atoms with Gasteiger partial charge in [-0.3, -0.25) is 29.9 Å². The highest BCUT2D eigenvalue weighted by Gasteiger charge is 2.33. The number of amides is 1. The fourth-order valence-electron chi connectivity index (χ4n) is 5.13. The third-order valence-electron chi connectivity index (χ3n) is 6.70. The van der Waals surface area contributed by atoms with E-state index >= 15 is 0 Å². The zero-order chi connectivity index (χ0) is 25.9. The average Bonchev–Trinajstić information content (AvgIpc) is 3.37. The third kappa shape index (κ3) is 5.30. The Morgan fingerprint density at radius 2 is 2.03 bits per heavy atom. The minimum absolute atomic E-state index is 0.248. The zero-order valence-corrected chi connectivity index (χ0v) is 21.9. The van der Waals surface area contributed by atoms with E-state index in [-0.39, 0.29) is 18.1 Å². The Balaban J connectivity index is 1.33. The smallest absolute Gasteiger partial charge is 0.259 e. The molecule has 1 fully saturated rings. The van der Waals surface area contributed by atoms with Crippen LogP contribution in [-0.2, 0) is 4.74 Å². The highest BCUT2D eigenvalue weighted by atomic mass is 16.5. The number of carbonyl (C=O) groups excluding carboxylic acids is 1. The van der Waals surface area contributed by atoms with Gasteiger partial charge in [-0.25, -0.2) is 4.99 Å². The molecule has 2 atom stereocenters. The summed E-state index contributed by atoms with van der Waals surface area (Å²) in [6, 6.07) is 7.37. The molecule has 5 rings (SSSR count). The Bertz CT molecular complexity index is 1220. The quantitative estimate of drug-likeness (QED) is 0.577. The number of amidine groups is 1. The van der Waals surface area contributed by atoms with Crippen molar-refractivity contribution in [3.63, 3.8) is 0 Å². The van der Waals surface area contributed by atoms with Crippen molar-refractivity contribution < 1.29 is 19.0 Å². The number of morpholine rings is 1. The SMILES string of the molecule is COc1c(OCCCN2C[C@@H](C)O[C@@H](C)C2)ccc2c1N=C(NC(=O)c1cccnc1C)N1CCN=C21. The molecule has 0 spiro atoms. The molecule has 0 bridgehead atoms. The van der Waals surface area contributed by atoms with Crippen molar-refractivity contribution >= 4 is 23.4 Å². The normalized spacial score (nSPS) is 21.0. The standard InChI is InChI=1S/C27H34N6O4/c1-17-15-32(16-18(2)37-17)12-6-14-36-22-9-8-21-23(24(22)35-4)30-27(33-13-11-29-25(21)33)31-26(34)20-7-5-10-28-19(20)3/h5,7-10,17-18H,6,11-16H2,1-4H3,(H,30,31,34)/t17-,18+. The van der Waals surface area contributed by atoms with Gasteiger partial charge in [0.15, 0.2) is 11.5 Å². The summed E-state index contributed by atoms with van der Waals surface area (Å²) in [5.74, 6) is 2.07. The van der Waals surface area contributed by atoms with Crippen LogP contribution in [0.3, 0.4) is 0 Å². The van der Waals surface area contributed by atoms with Crippen LogP contribution in [0.25, 0.3) is 0 Å². The molecule has 0 unspecified atom stereocenters. The summed E-state index contributed by atoms with van der Waals surface area (Å²) < 4.78 is 17.7. The number of rotatable bonds is 7. The summed E-state index contributed by atoms with van der Waals surface area (Å²) in [5.41, 5.74) is 2.61. The molecule has 0 radical (unpaired) electrons. The maximum Gasteiger partial charge on any atom is 0.259 e. The van der Waals surface area contributed by atoms with Crippen molar-refractivity contribution in [2.24, 2.45) is 9.98 Å². The lowest BCUT2D eigenvalue weighted by atomic mass is 10.1. The van der Waals surface area contributed by atoms with E-state index in [0.29, 0.717) is 54.1 Å². The first kappa shape index (κ1) is 25.2. The number of fused-ring (bicyclic) bond motifs is 3. The molecular formula is C27H34N6O4. The fraction of sp³-hybridized carbons (Fsp3) is 0.481. The van der Waals surface area contributed by atoms with Crippen LogP contribution in [0, 0.1) is 6.92 Å². The highest BCUT2D eigenvalue weighted by molar-refractivity contribution is 6.20. The van der Waals surface area contributed by atoms with Gasteiger partial charge in [0.2, 0.25) is 5.96 Å². The lowest BCUT2D eigenvalue weighted by molar-refractivity contribution is -0.0686. The fourth-order valence-corrected chi connectivity index (χ4v) is 5.13. The molecular weight excluding hydrogens is 472 g/mol. The molecule has 10 nitrogen and oxygen atoms in total. The van der Waals surface area contributed by atoms with Crippen LogP contribution in [0.15, 0.2) is 40.4 Å². The summed E-state index contributed by atoms with van der Waals surface area (Å²) in [7, 11) is 1.61. The molecule has 37 heavy (non-hydrogen) atoms. The lowest BCUT2D eigenvalue weighted by Crippen LogP contribution is -2.47. The first-order chi connectivity index (χ1) is 17.9. The van der Waals surface area contributed by atoms with Crippen LogP contribution in [0.2, 0.25) is 0 Å². The number of hydrogen-bond donors (Lipinski definition) is 1. The summed E-state index contributed by atoms with van der Waals surface area (Å²) in [6.07, 6.45) is 3.05. The number of nitrogens with zero attached hydrogens (tertiary/aromatic N) is 5. The van der Waals surface area contributed by atoms with E-state index in [1.54, 1.807) is 25.4 Å². The van der Waals surface area contributed by atoms with Gasteiger partial charge < -0.3 is 14.2 Å². The van der Waals surface area contributed by atoms with Gasteiger partial charge in [-0.2, -0.15) is 0 Å². The van der Waals surface area contributed by atoms with E-state index in [1.807, 2.05) is 24.0 Å². The predicted octanol–water partition coefficient (Wildman–Crippen LogP) is 2.77. The third-order valence-corrected chi connectivity index (χ3v) is 6.70. The van der Waals surface area contributed by atoms with Gasteiger partial charge in [0.25, 0.3) is 5.91 Å². The average molecular weight is 507 g/mol. The molecule has 1 aromatic heterocycles. The zero-order valence-electron chi connectivity index (χ0n) is 21.9. The molecule has 1 saturated heterocycles. The molecule has 0 aliphatic carbocycles. The summed E-state index contributed by atoms with van der Waals surface area (Å²) >= 11 is 0. The number of ether oxygens (including phenoxy) is 3. The van der Waals surface area contributed by atoms with Crippen LogP contribution in [-0.4, -0.2) is 91.1 Å². The van der Waals surface area contributed by atoms with E-state index in [1.165, 1.54) is 0 Å². The van der Waals surface area contributed by atoms with Crippen LogP contribution >= 0.6 is 0 Å². The first-order valence-electron chi connectivity index (χ1n) is 12.8. The van der Waals surface area contributed by atoms with Gasteiger partial charge >= 0.3 is 0 Å². The molecule has 0 saturated carbocycles. The Labute approximate surface area is 217 Å². The highest BCUT2D eigenvalue weighted by Crippen LogP contribution is 2.43.